The van der Waals surface area contributed by atoms with Crippen LogP contribution >= 0.6 is 0 Å². The van der Waals surface area contributed by atoms with Crippen LogP contribution in [0.3, 0.4) is 0 Å². The number of carbonyl (C=O) groups is 1. The number of alkyl halides is 3. The molecular formula is C20H22F3N3O. The van der Waals surface area contributed by atoms with E-state index in [0.29, 0.717) is 30.0 Å². The number of rotatable bonds is 4. The number of nitrogens with zero attached hydrogens (tertiary/aromatic N) is 2. The molecule has 1 saturated heterocycles. The van der Waals surface area contributed by atoms with E-state index >= 15 is 0 Å². The lowest BCUT2D eigenvalue weighted by atomic mass is 10.1. The van der Waals surface area contributed by atoms with Crippen LogP contribution in [-0.4, -0.2) is 48.4 Å². The second kappa shape index (κ2) is 8.00. The minimum atomic E-state index is -4.41. The van der Waals surface area contributed by atoms with Crippen molar-refractivity contribution in [2.24, 2.45) is 0 Å². The van der Waals surface area contributed by atoms with Crippen molar-refractivity contribution < 1.29 is 18.0 Å². The van der Waals surface area contributed by atoms with Crippen LogP contribution in [0.2, 0.25) is 0 Å². The molecular weight excluding hydrogens is 355 g/mol. The van der Waals surface area contributed by atoms with Gasteiger partial charge in [0.1, 0.15) is 0 Å². The summed E-state index contributed by atoms with van der Waals surface area (Å²) in [7, 11) is 0. The highest BCUT2D eigenvalue weighted by Gasteiger charge is 2.30. The van der Waals surface area contributed by atoms with Crippen molar-refractivity contribution in [2.75, 3.05) is 38.0 Å². The van der Waals surface area contributed by atoms with E-state index in [0.717, 1.165) is 31.8 Å². The lowest BCUT2D eigenvalue weighted by Crippen LogP contribution is -2.48. The number of piperazine rings is 1. The minimum absolute atomic E-state index is 0.110. The molecule has 1 amide bonds. The molecule has 1 N–H and O–H groups in total. The fourth-order valence-corrected chi connectivity index (χ4v) is 3.14. The smallest absolute Gasteiger partial charge is 0.355 e. The molecule has 144 valence electrons. The van der Waals surface area contributed by atoms with Crippen molar-refractivity contribution in [1.29, 1.82) is 0 Å². The van der Waals surface area contributed by atoms with Gasteiger partial charge in [-0.25, -0.2) is 0 Å². The number of carbonyl (C=O) groups excluding carboxylic acids is 1. The molecule has 1 fully saturated rings. The molecule has 0 atom stereocenters. The van der Waals surface area contributed by atoms with Gasteiger partial charge in [-0.05, 0) is 36.9 Å². The van der Waals surface area contributed by atoms with E-state index in [1.165, 1.54) is 6.07 Å². The molecule has 0 spiro atoms. The molecule has 0 radical (unpaired) electrons. The predicted octanol–water partition coefficient (Wildman–Crippen LogP) is 4.23. The summed E-state index contributed by atoms with van der Waals surface area (Å²) in [6.45, 7) is 5.98. The Bertz CT molecular complexity index is 799. The maximum Gasteiger partial charge on any atom is 0.416 e. The zero-order chi connectivity index (χ0) is 19.4. The molecule has 2 aromatic rings. The van der Waals surface area contributed by atoms with Gasteiger partial charge in [0.15, 0.2) is 0 Å². The Morgan fingerprint density at radius 3 is 2.41 bits per heavy atom. The van der Waals surface area contributed by atoms with Gasteiger partial charge in [-0.2, -0.15) is 13.2 Å². The number of benzene rings is 2. The molecule has 27 heavy (non-hydrogen) atoms. The van der Waals surface area contributed by atoms with Crippen LogP contribution in [0.15, 0.2) is 48.5 Å². The summed E-state index contributed by atoms with van der Waals surface area (Å²) in [5.41, 5.74) is 0.521. The van der Waals surface area contributed by atoms with Crippen LogP contribution in [0, 0.1) is 0 Å². The van der Waals surface area contributed by atoms with Gasteiger partial charge < -0.3 is 15.1 Å². The van der Waals surface area contributed by atoms with E-state index in [1.807, 2.05) is 0 Å². The molecule has 0 unspecified atom stereocenters. The normalized spacial score (nSPS) is 15.6. The highest BCUT2D eigenvalue weighted by Crippen LogP contribution is 2.32. The largest absolute Gasteiger partial charge is 0.416 e. The second-order valence-corrected chi connectivity index (χ2v) is 6.48. The quantitative estimate of drug-likeness (QED) is 0.866. The molecule has 3 rings (SSSR count). The molecule has 4 nitrogen and oxygen atoms in total. The Balaban J connectivity index is 1.80. The standard InChI is InChI=1S/C20H22F3N3O/c1-2-25-10-12-26(13-11-25)19(27)17-8-3-4-9-18(17)24-16-7-5-6-15(14-16)20(21,22)23/h3-9,14,24H,2,10-13H2,1H3. The molecule has 0 aliphatic carbocycles. The van der Waals surface area contributed by atoms with Crippen LogP contribution in [0.4, 0.5) is 24.5 Å². The molecule has 1 heterocycles. The highest BCUT2D eigenvalue weighted by atomic mass is 19.4. The first-order valence-corrected chi connectivity index (χ1v) is 8.93. The Labute approximate surface area is 156 Å². The Kier molecular flexibility index (Phi) is 5.70. The van der Waals surface area contributed by atoms with Crippen LogP contribution < -0.4 is 5.32 Å². The van der Waals surface area contributed by atoms with Crippen LogP contribution in [0.25, 0.3) is 0 Å². The van der Waals surface area contributed by atoms with Gasteiger partial charge in [0.25, 0.3) is 5.91 Å². The number of amides is 1. The topological polar surface area (TPSA) is 35.6 Å². The third-order valence-electron chi connectivity index (χ3n) is 4.73. The average molecular weight is 377 g/mol. The summed E-state index contributed by atoms with van der Waals surface area (Å²) in [5.74, 6) is -0.110. The second-order valence-electron chi connectivity index (χ2n) is 6.48. The van der Waals surface area contributed by atoms with Gasteiger partial charge in [-0.15, -0.1) is 0 Å². The predicted molar refractivity (Wildman–Crippen MR) is 99.2 cm³/mol. The van der Waals surface area contributed by atoms with Gasteiger partial charge in [-0.1, -0.05) is 25.1 Å². The number of para-hydroxylation sites is 1. The maximum absolute atomic E-state index is 12.9. The third-order valence-corrected chi connectivity index (χ3v) is 4.73. The number of likely N-dealkylation sites (N-methyl/N-ethyl adjacent to an activating group) is 1. The van der Waals surface area contributed by atoms with Crippen molar-refractivity contribution in [1.82, 2.24) is 9.80 Å². The van der Waals surface area contributed by atoms with Crippen molar-refractivity contribution in [2.45, 2.75) is 13.1 Å². The Morgan fingerprint density at radius 1 is 1.04 bits per heavy atom. The molecule has 0 saturated carbocycles. The van der Waals surface area contributed by atoms with Crippen molar-refractivity contribution in [3.63, 3.8) is 0 Å². The number of nitrogens with one attached hydrogen (secondary N) is 1. The van der Waals surface area contributed by atoms with Gasteiger partial charge in [-0.3, -0.25) is 4.79 Å². The van der Waals surface area contributed by atoms with E-state index in [9.17, 15) is 18.0 Å². The van der Waals surface area contributed by atoms with E-state index in [-0.39, 0.29) is 5.91 Å². The first-order chi connectivity index (χ1) is 12.9. The summed E-state index contributed by atoms with van der Waals surface area (Å²) in [4.78, 5) is 17.0. The van der Waals surface area contributed by atoms with Crippen LogP contribution in [0.5, 0.6) is 0 Å². The Hall–Kier alpha value is -2.54. The van der Waals surface area contributed by atoms with Gasteiger partial charge in [0, 0.05) is 31.9 Å². The summed E-state index contributed by atoms with van der Waals surface area (Å²) in [5, 5.41) is 2.97. The van der Waals surface area contributed by atoms with Gasteiger partial charge in [0.05, 0.1) is 16.8 Å². The first-order valence-electron chi connectivity index (χ1n) is 8.93. The van der Waals surface area contributed by atoms with Gasteiger partial charge in [0.2, 0.25) is 0 Å². The van der Waals surface area contributed by atoms with E-state index in [4.69, 9.17) is 0 Å². The molecule has 1 aliphatic heterocycles. The average Bonchev–Trinajstić information content (AvgIpc) is 2.67. The summed E-state index contributed by atoms with van der Waals surface area (Å²) in [6, 6.07) is 11.9. The number of hydrogen-bond acceptors (Lipinski definition) is 3. The maximum atomic E-state index is 12.9. The number of halogens is 3. The zero-order valence-electron chi connectivity index (χ0n) is 15.1. The third kappa shape index (κ3) is 4.60. The molecule has 1 aliphatic rings. The first kappa shape index (κ1) is 19.2. The monoisotopic (exact) mass is 377 g/mol. The zero-order valence-corrected chi connectivity index (χ0v) is 15.1. The lowest BCUT2D eigenvalue weighted by molar-refractivity contribution is -0.137. The summed E-state index contributed by atoms with van der Waals surface area (Å²) < 4.78 is 38.8. The summed E-state index contributed by atoms with van der Waals surface area (Å²) in [6.07, 6.45) is -4.41. The fourth-order valence-electron chi connectivity index (χ4n) is 3.14. The minimum Gasteiger partial charge on any atom is -0.355 e. The van der Waals surface area contributed by atoms with Crippen molar-refractivity contribution in [3.05, 3.63) is 59.7 Å². The molecule has 0 bridgehead atoms. The molecule has 0 aromatic heterocycles. The van der Waals surface area contributed by atoms with Crippen molar-refractivity contribution in [3.8, 4) is 0 Å². The SMILES string of the molecule is CCN1CCN(C(=O)c2ccccc2Nc2cccc(C(F)(F)F)c2)CC1. The van der Waals surface area contributed by atoms with Crippen LogP contribution in [-0.2, 0) is 6.18 Å². The molecule has 7 heteroatoms. The van der Waals surface area contributed by atoms with E-state index in [1.54, 1.807) is 35.2 Å². The number of hydrogen-bond donors (Lipinski definition) is 1. The van der Waals surface area contributed by atoms with Crippen LogP contribution in [0.1, 0.15) is 22.8 Å². The molecule has 2 aromatic carbocycles. The van der Waals surface area contributed by atoms with Gasteiger partial charge >= 0.3 is 6.18 Å². The van der Waals surface area contributed by atoms with E-state index < -0.39 is 11.7 Å². The number of anilines is 2. The highest BCUT2D eigenvalue weighted by molar-refractivity contribution is 6.00. The lowest BCUT2D eigenvalue weighted by Gasteiger charge is -2.34. The van der Waals surface area contributed by atoms with Crippen molar-refractivity contribution >= 4 is 17.3 Å². The summed E-state index contributed by atoms with van der Waals surface area (Å²) >= 11 is 0. The van der Waals surface area contributed by atoms with E-state index in [2.05, 4.69) is 17.1 Å². The fraction of sp³-hybridized carbons (Fsp3) is 0.350. The Morgan fingerprint density at radius 2 is 1.74 bits per heavy atom.